The molecule has 3 saturated heterocycles. The number of benzene rings is 1. The summed E-state index contributed by atoms with van der Waals surface area (Å²) in [6.07, 6.45) is 0.778. The van der Waals surface area contributed by atoms with Gasteiger partial charge in [-0.25, -0.2) is 0 Å². The molecule has 0 radical (unpaired) electrons. The molecular weight excluding hydrogens is 414 g/mol. The van der Waals surface area contributed by atoms with Gasteiger partial charge in [0.05, 0.1) is 31.6 Å². The second-order valence-corrected chi connectivity index (χ2v) is 8.59. The SMILES string of the molecule is C=CCN1C(=O)[C@H](OCc2ccccc2)[C@@H]1[C@@H]1N[C@](C)(C(=O)OC)[C@@H]2C(=O)N(C)C(=O)[C@H]12. The highest BCUT2D eigenvalue weighted by Crippen LogP contribution is 2.46. The van der Waals surface area contributed by atoms with Crippen molar-refractivity contribution < 1.29 is 28.7 Å². The van der Waals surface area contributed by atoms with Gasteiger partial charge in [0.2, 0.25) is 11.8 Å². The summed E-state index contributed by atoms with van der Waals surface area (Å²) in [5.74, 6) is -3.41. The zero-order valence-electron chi connectivity index (χ0n) is 18.3. The molecule has 0 unspecified atom stereocenters. The number of carbonyl (C=O) groups excluding carboxylic acids is 4. The monoisotopic (exact) mass is 441 g/mol. The third-order valence-corrected chi connectivity index (χ3v) is 6.82. The molecule has 6 atom stereocenters. The topological polar surface area (TPSA) is 105 Å². The van der Waals surface area contributed by atoms with Gasteiger partial charge in [-0.05, 0) is 12.5 Å². The molecule has 3 aliphatic heterocycles. The number of nitrogens with zero attached hydrogens (tertiary/aromatic N) is 2. The van der Waals surface area contributed by atoms with E-state index in [2.05, 4.69) is 11.9 Å². The Morgan fingerprint density at radius 1 is 1.19 bits per heavy atom. The van der Waals surface area contributed by atoms with Gasteiger partial charge in [-0.3, -0.25) is 29.4 Å². The summed E-state index contributed by atoms with van der Waals surface area (Å²) in [5.41, 5.74) is -0.492. The van der Waals surface area contributed by atoms with E-state index in [0.717, 1.165) is 10.5 Å². The fourth-order valence-electron chi connectivity index (χ4n) is 5.23. The lowest BCUT2D eigenvalue weighted by Crippen LogP contribution is -2.73. The molecule has 0 aromatic heterocycles. The fourth-order valence-corrected chi connectivity index (χ4v) is 5.23. The van der Waals surface area contributed by atoms with Gasteiger partial charge in [-0.1, -0.05) is 36.4 Å². The first-order valence-electron chi connectivity index (χ1n) is 10.5. The van der Waals surface area contributed by atoms with Gasteiger partial charge in [0, 0.05) is 19.6 Å². The molecule has 3 heterocycles. The van der Waals surface area contributed by atoms with Gasteiger partial charge < -0.3 is 14.4 Å². The summed E-state index contributed by atoms with van der Waals surface area (Å²) < 4.78 is 10.9. The van der Waals surface area contributed by atoms with Gasteiger partial charge in [0.15, 0.2) is 6.10 Å². The summed E-state index contributed by atoms with van der Waals surface area (Å²) in [6, 6.07) is 8.23. The van der Waals surface area contributed by atoms with Crippen molar-refractivity contribution in [3.63, 3.8) is 0 Å². The fraction of sp³-hybridized carbons (Fsp3) is 0.478. The maximum Gasteiger partial charge on any atom is 0.326 e. The lowest BCUT2D eigenvalue weighted by atomic mass is 9.78. The number of nitrogens with one attached hydrogen (secondary N) is 1. The number of methoxy groups -OCH3 is 1. The average molecular weight is 441 g/mol. The predicted octanol–water partition coefficient (Wildman–Crippen LogP) is 0.103. The van der Waals surface area contributed by atoms with E-state index < -0.39 is 47.4 Å². The molecule has 4 rings (SSSR count). The number of fused-ring (bicyclic) bond motifs is 1. The standard InChI is InChI=1S/C23H27N3O6/c1-5-11-26-17(18(21(26)29)32-12-13-9-7-6-8-10-13)16-14-15(20(28)25(3)19(14)27)23(2,24-16)22(30)31-4/h5-10,14-18,24H,1,11-12H2,2-4H3/t14-,15-,16+,17-,18+,23-/m0/s1. The first kappa shape index (κ1) is 22.2. The number of hydrogen-bond acceptors (Lipinski definition) is 7. The number of hydrogen-bond donors (Lipinski definition) is 1. The lowest BCUT2D eigenvalue weighted by Gasteiger charge is -2.50. The van der Waals surface area contributed by atoms with Crippen LogP contribution in [0.1, 0.15) is 12.5 Å². The Hall–Kier alpha value is -3.04. The maximum absolute atomic E-state index is 13.0. The quantitative estimate of drug-likeness (QED) is 0.277. The molecule has 9 heteroatoms. The van der Waals surface area contributed by atoms with E-state index in [4.69, 9.17) is 9.47 Å². The third kappa shape index (κ3) is 3.15. The van der Waals surface area contributed by atoms with Crippen LogP contribution >= 0.6 is 0 Å². The van der Waals surface area contributed by atoms with Gasteiger partial charge in [0.25, 0.3) is 5.91 Å². The Kier molecular flexibility index (Phi) is 5.64. The minimum Gasteiger partial charge on any atom is -0.468 e. The molecule has 0 bridgehead atoms. The Morgan fingerprint density at radius 2 is 1.88 bits per heavy atom. The van der Waals surface area contributed by atoms with Crippen molar-refractivity contribution >= 4 is 23.7 Å². The second kappa shape index (κ2) is 8.14. The third-order valence-electron chi connectivity index (χ3n) is 6.82. The lowest BCUT2D eigenvalue weighted by molar-refractivity contribution is -0.179. The minimum absolute atomic E-state index is 0.220. The van der Waals surface area contributed by atoms with Crippen molar-refractivity contribution in [2.75, 3.05) is 20.7 Å². The summed E-state index contributed by atoms with van der Waals surface area (Å²) in [7, 11) is 2.65. The number of imide groups is 1. The molecule has 0 spiro atoms. The van der Waals surface area contributed by atoms with Crippen LogP contribution in [0.3, 0.4) is 0 Å². The van der Waals surface area contributed by atoms with Gasteiger partial charge in [0.1, 0.15) is 5.54 Å². The number of likely N-dealkylation sites (tertiary alicyclic amines) is 2. The van der Waals surface area contributed by atoms with Gasteiger partial charge >= 0.3 is 5.97 Å². The molecule has 9 nitrogen and oxygen atoms in total. The van der Waals surface area contributed by atoms with E-state index in [1.807, 2.05) is 30.3 Å². The predicted molar refractivity (Wildman–Crippen MR) is 113 cm³/mol. The maximum atomic E-state index is 13.0. The normalized spacial score (nSPS) is 33.8. The molecule has 1 aromatic carbocycles. The van der Waals surface area contributed by atoms with Crippen molar-refractivity contribution in [1.82, 2.24) is 15.1 Å². The van der Waals surface area contributed by atoms with Crippen molar-refractivity contribution in [2.24, 2.45) is 11.8 Å². The summed E-state index contributed by atoms with van der Waals surface area (Å²) in [5, 5.41) is 3.19. The van der Waals surface area contributed by atoms with Crippen LogP contribution in [0.25, 0.3) is 0 Å². The van der Waals surface area contributed by atoms with E-state index >= 15 is 0 Å². The van der Waals surface area contributed by atoms with Gasteiger partial charge in [-0.15, -0.1) is 6.58 Å². The molecule has 1 N–H and O–H groups in total. The summed E-state index contributed by atoms with van der Waals surface area (Å²) in [4.78, 5) is 54.1. The molecule has 0 aliphatic carbocycles. The number of carbonyl (C=O) groups is 4. The van der Waals surface area contributed by atoms with Crippen molar-refractivity contribution in [3.8, 4) is 0 Å². The number of amides is 3. The molecule has 1 aromatic rings. The summed E-state index contributed by atoms with van der Waals surface area (Å²) in [6.45, 7) is 5.76. The molecule has 3 aliphatic rings. The molecule has 3 fully saturated rings. The number of rotatable bonds is 7. The zero-order chi connectivity index (χ0) is 23.2. The largest absolute Gasteiger partial charge is 0.468 e. The highest BCUT2D eigenvalue weighted by Gasteiger charge is 2.70. The number of esters is 1. The smallest absolute Gasteiger partial charge is 0.326 e. The van der Waals surface area contributed by atoms with Crippen LogP contribution in [0.4, 0.5) is 0 Å². The highest BCUT2D eigenvalue weighted by atomic mass is 16.5. The molecular formula is C23H27N3O6. The Morgan fingerprint density at radius 3 is 2.50 bits per heavy atom. The number of β-lactam (4-membered cyclic amide) rings is 1. The van der Waals surface area contributed by atoms with E-state index in [1.54, 1.807) is 17.9 Å². The van der Waals surface area contributed by atoms with E-state index in [0.29, 0.717) is 0 Å². The van der Waals surface area contributed by atoms with E-state index in [9.17, 15) is 19.2 Å². The van der Waals surface area contributed by atoms with Crippen molar-refractivity contribution in [1.29, 1.82) is 0 Å². The van der Waals surface area contributed by atoms with Crippen molar-refractivity contribution in [3.05, 3.63) is 48.6 Å². The molecule has 32 heavy (non-hydrogen) atoms. The van der Waals surface area contributed by atoms with Crippen LogP contribution in [0.15, 0.2) is 43.0 Å². The summed E-state index contributed by atoms with van der Waals surface area (Å²) >= 11 is 0. The van der Waals surface area contributed by atoms with E-state index in [-0.39, 0.29) is 25.0 Å². The van der Waals surface area contributed by atoms with Crippen LogP contribution in [0, 0.1) is 11.8 Å². The molecule has 3 amide bonds. The van der Waals surface area contributed by atoms with Crippen LogP contribution in [-0.2, 0) is 35.3 Å². The number of ether oxygens (including phenoxy) is 2. The van der Waals surface area contributed by atoms with Crippen molar-refractivity contribution in [2.45, 2.75) is 37.3 Å². The van der Waals surface area contributed by atoms with Crippen LogP contribution in [0.5, 0.6) is 0 Å². The minimum atomic E-state index is -1.40. The Balaban J connectivity index is 1.66. The Labute approximate surface area is 186 Å². The average Bonchev–Trinajstić information content (AvgIpc) is 3.23. The second-order valence-electron chi connectivity index (χ2n) is 8.59. The first-order chi connectivity index (χ1) is 15.3. The molecule has 170 valence electrons. The highest BCUT2D eigenvalue weighted by molar-refractivity contribution is 6.09. The van der Waals surface area contributed by atoms with Crippen LogP contribution in [0.2, 0.25) is 0 Å². The first-order valence-corrected chi connectivity index (χ1v) is 10.5. The van der Waals surface area contributed by atoms with Crippen LogP contribution < -0.4 is 5.32 Å². The van der Waals surface area contributed by atoms with E-state index in [1.165, 1.54) is 14.2 Å². The van der Waals surface area contributed by atoms with Crippen LogP contribution in [-0.4, -0.2) is 77.9 Å². The van der Waals surface area contributed by atoms with Gasteiger partial charge in [-0.2, -0.15) is 0 Å². The molecule has 0 saturated carbocycles. The zero-order valence-corrected chi connectivity index (χ0v) is 18.3. The Bertz CT molecular complexity index is 966.